The summed E-state index contributed by atoms with van der Waals surface area (Å²) in [4.78, 5) is 31.4. The van der Waals surface area contributed by atoms with Gasteiger partial charge in [0.25, 0.3) is 5.91 Å². The Labute approximate surface area is 177 Å². The van der Waals surface area contributed by atoms with Gasteiger partial charge in [0, 0.05) is 45.5 Å². The van der Waals surface area contributed by atoms with E-state index in [0.29, 0.717) is 25.4 Å². The Morgan fingerprint density at radius 1 is 1.10 bits per heavy atom. The van der Waals surface area contributed by atoms with E-state index < -0.39 is 0 Å². The molecule has 2 saturated heterocycles. The third-order valence-electron chi connectivity index (χ3n) is 5.90. The van der Waals surface area contributed by atoms with Crippen molar-refractivity contribution in [3.63, 3.8) is 0 Å². The quantitative estimate of drug-likeness (QED) is 0.757. The number of likely N-dealkylation sites (tertiary alicyclic amines) is 1. The summed E-state index contributed by atoms with van der Waals surface area (Å²) < 4.78 is 10.6. The zero-order chi connectivity index (χ0) is 20.9. The van der Waals surface area contributed by atoms with E-state index in [9.17, 15) is 9.59 Å². The number of carbonyl (C=O) groups excluding carboxylic acids is 2. The van der Waals surface area contributed by atoms with E-state index >= 15 is 0 Å². The van der Waals surface area contributed by atoms with E-state index in [1.165, 1.54) is 12.0 Å². The molecule has 1 aromatic heterocycles. The lowest BCUT2D eigenvalue weighted by molar-refractivity contribution is -0.136. The molecule has 7 nitrogen and oxygen atoms in total. The van der Waals surface area contributed by atoms with Crippen LogP contribution in [0.15, 0.2) is 47.1 Å². The Kier molecular flexibility index (Phi) is 6.38. The van der Waals surface area contributed by atoms with E-state index in [1.807, 2.05) is 7.05 Å². The van der Waals surface area contributed by atoms with Gasteiger partial charge in [-0.3, -0.25) is 9.59 Å². The third kappa shape index (κ3) is 4.67. The Morgan fingerprint density at radius 2 is 1.87 bits per heavy atom. The summed E-state index contributed by atoms with van der Waals surface area (Å²) in [5.41, 5.74) is 2.29. The molecule has 0 aliphatic carbocycles. The molecule has 2 amide bonds. The van der Waals surface area contributed by atoms with E-state index in [0.717, 1.165) is 44.7 Å². The zero-order valence-electron chi connectivity index (χ0n) is 17.5. The second-order valence-corrected chi connectivity index (χ2v) is 8.03. The number of hydrogen-bond donors (Lipinski definition) is 0. The minimum Gasteiger partial charge on any atom is -0.459 e. The standard InChI is InChI=1S/C23H29N3O4/c1-24(16-18-6-8-20(9-7-18)25-11-14-29-15-12-25)22(27)19-4-2-10-26(17-19)23(28)21-5-3-13-30-21/h3,5-9,13,19H,2,4,10-12,14-17H2,1H3. The summed E-state index contributed by atoms with van der Waals surface area (Å²) in [6, 6.07) is 11.8. The highest BCUT2D eigenvalue weighted by Crippen LogP contribution is 2.22. The van der Waals surface area contributed by atoms with Crippen molar-refractivity contribution in [1.29, 1.82) is 0 Å². The van der Waals surface area contributed by atoms with Crippen LogP contribution in [0.1, 0.15) is 29.0 Å². The number of anilines is 1. The number of nitrogens with zero attached hydrogens (tertiary/aromatic N) is 3. The van der Waals surface area contributed by atoms with Crippen LogP contribution in [0, 0.1) is 5.92 Å². The molecule has 1 unspecified atom stereocenters. The predicted molar refractivity (Wildman–Crippen MR) is 113 cm³/mol. The number of rotatable bonds is 5. The molecule has 30 heavy (non-hydrogen) atoms. The number of benzene rings is 1. The molecule has 0 spiro atoms. The summed E-state index contributed by atoms with van der Waals surface area (Å²) >= 11 is 0. The molecule has 0 radical (unpaired) electrons. The van der Waals surface area contributed by atoms with E-state index in [-0.39, 0.29) is 17.7 Å². The van der Waals surface area contributed by atoms with Crippen LogP contribution in [0.2, 0.25) is 0 Å². The van der Waals surface area contributed by atoms with Gasteiger partial charge in [0.1, 0.15) is 0 Å². The fourth-order valence-electron chi connectivity index (χ4n) is 4.22. The molecular weight excluding hydrogens is 382 g/mol. The van der Waals surface area contributed by atoms with Gasteiger partial charge < -0.3 is 23.9 Å². The first-order valence-electron chi connectivity index (χ1n) is 10.6. The van der Waals surface area contributed by atoms with Gasteiger partial charge in [0.05, 0.1) is 25.4 Å². The number of hydrogen-bond acceptors (Lipinski definition) is 5. The summed E-state index contributed by atoms with van der Waals surface area (Å²) in [6.45, 7) is 5.01. The van der Waals surface area contributed by atoms with E-state index in [2.05, 4.69) is 29.2 Å². The first-order chi connectivity index (χ1) is 14.6. The van der Waals surface area contributed by atoms with Crippen molar-refractivity contribution < 1.29 is 18.7 Å². The normalized spacial score (nSPS) is 19.6. The highest BCUT2D eigenvalue weighted by atomic mass is 16.5. The Hall–Kier alpha value is -2.80. The van der Waals surface area contributed by atoms with Crippen molar-refractivity contribution in [1.82, 2.24) is 9.80 Å². The number of carbonyl (C=O) groups is 2. The zero-order valence-corrected chi connectivity index (χ0v) is 17.5. The monoisotopic (exact) mass is 411 g/mol. The maximum absolute atomic E-state index is 13.0. The van der Waals surface area contributed by atoms with Gasteiger partial charge in [-0.1, -0.05) is 12.1 Å². The van der Waals surface area contributed by atoms with Gasteiger partial charge in [0.2, 0.25) is 5.91 Å². The lowest BCUT2D eigenvalue weighted by Crippen LogP contribution is -2.45. The van der Waals surface area contributed by atoms with Gasteiger partial charge in [-0.2, -0.15) is 0 Å². The summed E-state index contributed by atoms with van der Waals surface area (Å²) in [7, 11) is 1.84. The number of furan rings is 1. The summed E-state index contributed by atoms with van der Waals surface area (Å²) in [5.74, 6) is 0.107. The maximum atomic E-state index is 13.0. The molecule has 2 aromatic rings. The number of morpholine rings is 1. The Morgan fingerprint density at radius 3 is 2.57 bits per heavy atom. The van der Waals surface area contributed by atoms with Crippen molar-refractivity contribution in [3.05, 3.63) is 54.0 Å². The van der Waals surface area contributed by atoms with Crippen molar-refractivity contribution in [3.8, 4) is 0 Å². The van der Waals surface area contributed by atoms with Crippen LogP contribution in [0.4, 0.5) is 5.69 Å². The lowest BCUT2D eigenvalue weighted by Gasteiger charge is -2.33. The van der Waals surface area contributed by atoms with Gasteiger partial charge in [-0.15, -0.1) is 0 Å². The molecule has 2 aliphatic heterocycles. The number of piperidine rings is 1. The molecule has 2 fully saturated rings. The third-order valence-corrected chi connectivity index (χ3v) is 5.90. The molecule has 7 heteroatoms. The second-order valence-electron chi connectivity index (χ2n) is 8.03. The fourth-order valence-corrected chi connectivity index (χ4v) is 4.22. The van der Waals surface area contributed by atoms with E-state index in [4.69, 9.17) is 9.15 Å². The van der Waals surface area contributed by atoms with Crippen LogP contribution in [-0.2, 0) is 16.1 Å². The molecule has 1 aromatic carbocycles. The SMILES string of the molecule is CN(Cc1ccc(N2CCOCC2)cc1)C(=O)C1CCCN(C(=O)c2ccco2)C1. The van der Waals surface area contributed by atoms with Gasteiger partial charge >= 0.3 is 0 Å². The van der Waals surface area contributed by atoms with Gasteiger partial charge in [-0.05, 0) is 42.7 Å². The molecule has 0 N–H and O–H groups in total. The van der Waals surface area contributed by atoms with E-state index in [1.54, 1.807) is 21.9 Å². The van der Waals surface area contributed by atoms with Crippen LogP contribution in [0.5, 0.6) is 0 Å². The van der Waals surface area contributed by atoms with Crippen LogP contribution in [-0.4, -0.2) is 68.1 Å². The average Bonchev–Trinajstić information content (AvgIpc) is 3.34. The molecule has 0 saturated carbocycles. The molecule has 1 atom stereocenters. The molecule has 2 aliphatic rings. The number of amides is 2. The molecular formula is C23H29N3O4. The van der Waals surface area contributed by atoms with Crippen molar-refractivity contribution >= 4 is 17.5 Å². The summed E-state index contributed by atoms with van der Waals surface area (Å²) in [5, 5.41) is 0. The van der Waals surface area contributed by atoms with Crippen LogP contribution >= 0.6 is 0 Å². The highest BCUT2D eigenvalue weighted by Gasteiger charge is 2.31. The predicted octanol–water partition coefficient (Wildman–Crippen LogP) is 2.63. The van der Waals surface area contributed by atoms with Crippen LogP contribution in [0.3, 0.4) is 0 Å². The van der Waals surface area contributed by atoms with Crippen molar-refractivity contribution in [2.45, 2.75) is 19.4 Å². The fraction of sp³-hybridized carbons (Fsp3) is 0.478. The van der Waals surface area contributed by atoms with Gasteiger partial charge in [0.15, 0.2) is 5.76 Å². The summed E-state index contributed by atoms with van der Waals surface area (Å²) in [6.07, 6.45) is 3.13. The Balaban J connectivity index is 1.33. The molecule has 0 bridgehead atoms. The lowest BCUT2D eigenvalue weighted by atomic mass is 9.96. The second kappa shape index (κ2) is 9.34. The van der Waals surface area contributed by atoms with Crippen molar-refractivity contribution in [2.24, 2.45) is 5.92 Å². The molecule has 3 heterocycles. The minimum absolute atomic E-state index is 0.0872. The largest absolute Gasteiger partial charge is 0.459 e. The van der Waals surface area contributed by atoms with Gasteiger partial charge in [-0.25, -0.2) is 0 Å². The first-order valence-corrected chi connectivity index (χ1v) is 10.6. The smallest absolute Gasteiger partial charge is 0.289 e. The maximum Gasteiger partial charge on any atom is 0.289 e. The van der Waals surface area contributed by atoms with Crippen LogP contribution in [0.25, 0.3) is 0 Å². The topological polar surface area (TPSA) is 66.2 Å². The minimum atomic E-state index is -0.171. The number of ether oxygens (including phenoxy) is 1. The molecule has 4 rings (SSSR count). The Bertz CT molecular complexity index is 844. The van der Waals surface area contributed by atoms with Crippen LogP contribution < -0.4 is 4.90 Å². The molecule has 160 valence electrons. The van der Waals surface area contributed by atoms with Crippen molar-refractivity contribution in [2.75, 3.05) is 51.3 Å². The first kappa shape index (κ1) is 20.5. The highest BCUT2D eigenvalue weighted by molar-refractivity contribution is 5.92. The average molecular weight is 412 g/mol.